The summed E-state index contributed by atoms with van der Waals surface area (Å²) < 4.78 is 6.47. The average molecular weight is 301 g/mol. The van der Waals surface area contributed by atoms with Gasteiger partial charge in [0.2, 0.25) is 0 Å². The summed E-state index contributed by atoms with van der Waals surface area (Å²) in [6, 6.07) is 7.09. The third kappa shape index (κ3) is 4.11. The van der Waals surface area contributed by atoms with Crippen molar-refractivity contribution in [2.24, 2.45) is 5.73 Å². The molecule has 22 heavy (non-hydrogen) atoms. The van der Waals surface area contributed by atoms with E-state index in [0.717, 1.165) is 11.7 Å². The van der Waals surface area contributed by atoms with Crippen LogP contribution in [0.1, 0.15) is 19.5 Å². The number of fused-ring (bicyclic) bond motifs is 1. The molecule has 116 valence electrons. The zero-order valence-corrected chi connectivity index (χ0v) is 12.6. The van der Waals surface area contributed by atoms with Crippen molar-refractivity contribution in [1.29, 1.82) is 0 Å². The molecular formula is C16H19N3O3. The van der Waals surface area contributed by atoms with Crippen LogP contribution in [0.25, 0.3) is 10.9 Å². The van der Waals surface area contributed by atoms with Crippen LogP contribution in [0.15, 0.2) is 24.3 Å². The lowest BCUT2D eigenvalue weighted by Crippen LogP contribution is -2.15. The number of carbonyl (C=O) groups is 2. The number of nitrogens with zero attached hydrogens (tertiary/aromatic N) is 1. The lowest BCUT2D eigenvalue weighted by atomic mass is 10.2. The molecule has 1 heterocycles. The summed E-state index contributed by atoms with van der Waals surface area (Å²) >= 11 is 0. The normalized spacial score (nSPS) is 9.23. The smallest absolute Gasteiger partial charge is 0.419 e. The molecule has 2 aromatic rings. The van der Waals surface area contributed by atoms with Gasteiger partial charge in [0.25, 0.3) is 0 Å². The molecule has 0 amide bonds. The first-order valence-corrected chi connectivity index (χ1v) is 6.75. The zero-order valence-electron chi connectivity index (χ0n) is 12.6. The molecule has 0 bridgehead atoms. The van der Waals surface area contributed by atoms with Gasteiger partial charge in [-0.25, -0.2) is 9.36 Å². The second-order valence-electron chi connectivity index (χ2n) is 4.12. The molecule has 0 atom stereocenters. The van der Waals surface area contributed by atoms with Crippen LogP contribution in [-0.2, 0) is 9.53 Å². The summed E-state index contributed by atoms with van der Waals surface area (Å²) in [5, 5.41) is 0.842. The largest absolute Gasteiger partial charge is 0.449 e. The first-order valence-electron chi connectivity index (χ1n) is 6.75. The fraction of sp³-hybridized carbons (Fsp3) is 0.250. The van der Waals surface area contributed by atoms with E-state index in [4.69, 9.17) is 21.0 Å². The second-order valence-corrected chi connectivity index (χ2v) is 4.12. The van der Waals surface area contributed by atoms with Crippen molar-refractivity contribution in [2.45, 2.75) is 13.8 Å². The Bertz CT molecular complexity index is 723. The lowest BCUT2D eigenvalue weighted by Gasteiger charge is -2.05. The molecule has 4 N–H and O–H groups in total. The summed E-state index contributed by atoms with van der Waals surface area (Å²) in [4.78, 5) is 20.8. The number of ether oxygens (including phenoxy) is 1. The minimum Gasteiger partial charge on any atom is -0.449 e. The number of hydrogen-bond donors (Lipinski definition) is 2. The molecule has 0 fully saturated rings. The van der Waals surface area contributed by atoms with E-state index in [1.807, 2.05) is 0 Å². The molecule has 6 heteroatoms. The van der Waals surface area contributed by atoms with E-state index in [2.05, 4.69) is 11.8 Å². The predicted molar refractivity (Wildman–Crippen MR) is 86.4 cm³/mol. The highest BCUT2D eigenvalue weighted by atomic mass is 16.5. The molecule has 0 aliphatic rings. The van der Waals surface area contributed by atoms with Crippen LogP contribution in [0.4, 0.5) is 10.5 Å². The van der Waals surface area contributed by atoms with Crippen molar-refractivity contribution in [2.75, 3.05) is 18.9 Å². The van der Waals surface area contributed by atoms with Gasteiger partial charge in [0, 0.05) is 11.1 Å². The Morgan fingerprint density at radius 3 is 2.68 bits per heavy atom. The van der Waals surface area contributed by atoms with Gasteiger partial charge in [-0.2, -0.15) is 0 Å². The standard InChI is InChI=1S/C14H15N3O2.C2H4O/c1-2-19-14(18)17-12(4-3-7-15)9-10-8-11(16)5-6-13(10)17;1-2-3/h5-6,8-9H,2,7,15-16H2,1H3;2H,1H3. The summed E-state index contributed by atoms with van der Waals surface area (Å²) in [6.45, 7) is 3.73. The van der Waals surface area contributed by atoms with E-state index in [-0.39, 0.29) is 6.54 Å². The quantitative estimate of drug-likeness (QED) is 0.475. The fourth-order valence-electron chi connectivity index (χ4n) is 1.85. The van der Waals surface area contributed by atoms with Crippen LogP contribution >= 0.6 is 0 Å². The average Bonchev–Trinajstić information content (AvgIpc) is 2.83. The van der Waals surface area contributed by atoms with Gasteiger partial charge in [-0.3, -0.25) is 0 Å². The Labute approximate surface area is 129 Å². The molecule has 2 rings (SSSR count). The van der Waals surface area contributed by atoms with E-state index in [0.29, 0.717) is 23.5 Å². The van der Waals surface area contributed by atoms with Gasteiger partial charge in [0.1, 0.15) is 12.0 Å². The number of nitrogens with two attached hydrogens (primary N) is 2. The minimum absolute atomic E-state index is 0.229. The maximum atomic E-state index is 12.0. The maximum absolute atomic E-state index is 12.0. The SMILES string of the molecule is CC=O.CCOC(=O)n1c(C#CCN)cc2cc(N)ccc21. The Morgan fingerprint density at radius 1 is 1.41 bits per heavy atom. The van der Waals surface area contributed by atoms with Gasteiger partial charge in [0.15, 0.2) is 0 Å². The minimum atomic E-state index is -0.455. The second kappa shape index (κ2) is 8.49. The number of carbonyl (C=O) groups excluding carboxylic acids is 2. The van der Waals surface area contributed by atoms with E-state index in [1.165, 1.54) is 11.5 Å². The first kappa shape index (κ1) is 17.3. The summed E-state index contributed by atoms with van der Waals surface area (Å²) in [5.41, 5.74) is 13.0. The third-order valence-corrected chi connectivity index (χ3v) is 2.59. The zero-order chi connectivity index (χ0) is 16.5. The number of anilines is 1. The third-order valence-electron chi connectivity index (χ3n) is 2.59. The number of rotatable bonds is 1. The van der Waals surface area contributed by atoms with Crippen LogP contribution in [-0.4, -0.2) is 30.1 Å². The molecule has 1 aromatic carbocycles. The molecule has 0 saturated carbocycles. The number of aromatic nitrogens is 1. The lowest BCUT2D eigenvalue weighted by molar-refractivity contribution is -0.106. The molecule has 1 aromatic heterocycles. The van der Waals surface area contributed by atoms with Crippen molar-refractivity contribution in [3.05, 3.63) is 30.0 Å². The first-order chi connectivity index (χ1) is 10.6. The van der Waals surface area contributed by atoms with E-state index >= 15 is 0 Å². The van der Waals surface area contributed by atoms with Gasteiger partial charge in [-0.15, -0.1) is 0 Å². The Balaban J connectivity index is 0.000000745. The van der Waals surface area contributed by atoms with Gasteiger partial charge < -0.3 is 21.0 Å². The predicted octanol–water partition coefficient (Wildman–Crippen LogP) is 1.74. The van der Waals surface area contributed by atoms with Crippen LogP contribution in [0.3, 0.4) is 0 Å². The monoisotopic (exact) mass is 301 g/mol. The van der Waals surface area contributed by atoms with Gasteiger partial charge >= 0.3 is 6.09 Å². The Kier molecular flexibility index (Phi) is 6.67. The van der Waals surface area contributed by atoms with E-state index < -0.39 is 6.09 Å². The van der Waals surface area contributed by atoms with Crippen molar-refractivity contribution in [3.8, 4) is 11.8 Å². The molecule has 0 unspecified atom stereocenters. The van der Waals surface area contributed by atoms with E-state index in [1.54, 1.807) is 31.2 Å². The van der Waals surface area contributed by atoms with Crippen molar-refractivity contribution >= 4 is 29.0 Å². The maximum Gasteiger partial charge on any atom is 0.419 e. The highest BCUT2D eigenvalue weighted by molar-refractivity contribution is 5.93. The molecule has 0 saturated heterocycles. The topological polar surface area (TPSA) is 100 Å². The number of aldehydes is 1. The molecule has 0 radical (unpaired) electrons. The van der Waals surface area contributed by atoms with Crippen LogP contribution in [0.2, 0.25) is 0 Å². The highest BCUT2D eigenvalue weighted by Gasteiger charge is 2.14. The summed E-state index contributed by atoms with van der Waals surface area (Å²) in [7, 11) is 0. The highest BCUT2D eigenvalue weighted by Crippen LogP contribution is 2.22. The van der Waals surface area contributed by atoms with Gasteiger partial charge in [0.05, 0.1) is 18.7 Å². The van der Waals surface area contributed by atoms with Crippen molar-refractivity contribution in [1.82, 2.24) is 4.57 Å². The van der Waals surface area contributed by atoms with Crippen molar-refractivity contribution in [3.63, 3.8) is 0 Å². The Hall–Kier alpha value is -2.78. The summed E-state index contributed by atoms with van der Waals surface area (Å²) in [6.07, 6.45) is 0.295. The molecule has 0 spiro atoms. The number of nitrogen functional groups attached to an aromatic ring is 1. The van der Waals surface area contributed by atoms with Crippen LogP contribution < -0.4 is 11.5 Å². The van der Waals surface area contributed by atoms with Crippen LogP contribution in [0.5, 0.6) is 0 Å². The van der Waals surface area contributed by atoms with Crippen LogP contribution in [0, 0.1) is 11.8 Å². The number of benzene rings is 1. The molecule has 0 aliphatic heterocycles. The van der Waals surface area contributed by atoms with Crippen molar-refractivity contribution < 1.29 is 14.3 Å². The molecule has 0 aliphatic carbocycles. The van der Waals surface area contributed by atoms with Gasteiger partial charge in [-0.1, -0.05) is 5.92 Å². The molecular weight excluding hydrogens is 282 g/mol. The van der Waals surface area contributed by atoms with E-state index in [9.17, 15) is 4.79 Å². The Morgan fingerprint density at radius 2 is 2.09 bits per heavy atom. The number of hydrogen-bond acceptors (Lipinski definition) is 5. The fourth-order valence-corrected chi connectivity index (χ4v) is 1.85. The molecule has 6 nitrogen and oxygen atoms in total. The summed E-state index contributed by atoms with van der Waals surface area (Å²) in [5.74, 6) is 5.60. The van der Waals surface area contributed by atoms with Gasteiger partial charge in [-0.05, 0) is 44.0 Å².